The van der Waals surface area contributed by atoms with Gasteiger partial charge in [0.1, 0.15) is 0 Å². The number of likely N-dealkylation sites (N-methyl/N-ethyl adjacent to an activating group) is 1. The number of hydrogen-bond acceptors (Lipinski definition) is 2. The molecule has 0 aromatic heterocycles. The molecular formula is C21H23F3N2O. The fourth-order valence-electron chi connectivity index (χ4n) is 3.37. The van der Waals surface area contributed by atoms with Crippen molar-refractivity contribution in [2.75, 3.05) is 20.6 Å². The summed E-state index contributed by atoms with van der Waals surface area (Å²) in [5.41, 5.74) is 1.25. The highest BCUT2D eigenvalue weighted by Gasteiger charge is 2.44. The van der Waals surface area contributed by atoms with Crippen molar-refractivity contribution in [3.05, 3.63) is 71.3 Å². The van der Waals surface area contributed by atoms with Gasteiger partial charge in [0.15, 0.2) is 0 Å². The summed E-state index contributed by atoms with van der Waals surface area (Å²) in [7, 11) is 3.93. The Labute approximate surface area is 157 Å². The minimum Gasteiger partial charge on any atom is -0.354 e. The van der Waals surface area contributed by atoms with E-state index in [1.165, 1.54) is 12.1 Å². The van der Waals surface area contributed by atoms with Gasteiger partial charge in [-0.15, -0.1) is 0 Å². The lowest BCUT2D eigenvalue weighted by molar-refractivity contribution is -0.137. The van der Waals surface area contributed by atoms with E-state index < -0.39 is 11.7 Å². The second kappa shape index (κ2) is 7.72. The fraction of sp³-hybridized carbons (Fsp3) is 0.381. The summed E-state index contributed by atoms with van der Waals surface area (Å²) in [5, 5.41) is 3.00. The number of alkyl halides is 3. The largest absolute Gasteiger partial charge is 0.416 e. The third kappa shape index (κ3) is 4.69. The zero-order chi connectivity index (χ0) is 19.6. The molecule has 0 aliphatic heterocycles. The van der Waals surface area contributed by atoms with Crippen LogP contribution in [-0.4, -0.2) is 31.4 Å². The maximum Gasteiger partial charge on any atom is 0.416 e. The van der Waals surface area contributed by atoms with Crippen molar-refractivity contribution in [2.24, 2.45) is 5.92 Å². The number of carbonyl (C=O) groups excluding carboxylic acids is 1. The molecule has 3 atom stereocenters. The maximum atomic E-state index is 12.7. The zero-order valence-corrected chi connectivity index (χ0v) is 15.3. The first kappa shape index (κ1) is 19.4. The third-order valence-corrected chi connectivity index (χ3v) is 5.07. The van der Waals surface area contributed by atoms with E-state index in [9.17, 15) is 18.0 Å². The molecule has 0 spiro atoms. The number of halogens is 3. The lowest BCUT2D eigenvalue weighted by atomic mass is 10.1. The lowest BCUT2D eigenvalue weighted by Gasteiger charge is -2.25. The van der Waals surface area contributed by atoms with Gasteiger partial charge in [-0.3, -0.25) is 4.79 Å². The summed E-state index contributed by atoms with van der Waals surface area (Å²) in [6, 6.07) is 15.1. The van der Waals surface area contributed by atoms with Gasteiger partial charge in [-0.05, 0) is 49.7 Å². The lowest BCUT2D eigenvalue weighted by Crippen LogP contribution is -2.35. The Kier molecular flexibility index (Phi) is 5.56. The number of rotatable bonds is 6. The van der Waals surface area contributed by atoms with Crippen molar-refractivity contribution in [2.45, 2.75) is 24.6 Å². The molecule has 0 radical (unpaired) electrons. The summed E-state index contributed by atoms with van der Waals surface area (Å²) < 4.78 is 38.0. The van der Waals surface area contributed by atoms with Gasteiger partial charge in [-0.2, -0.15) is 13.2 Å². The van der Waals surface area contributed by atoms with E-state index in [4.69, 9.17) is 0 Å². The number of benzene rings is 2. The summed E-state index contributed by atoms with van der Waals surface area (Å²) in [6.07, 6.45) is -3.66. The van der Waals surface area contributed by atoms with Crippen LogP contribution >= 0.6 is 0 Å². The van der Waals surface area contributed by atoms with Crippen LogP contribution in [0.2, 0.25) is 0 Å². The van der Waals surface area contributed by atoms with E-state index in [2.05, 4.69) is 10.2 Å². The van der Waals surface area contributed by atoms with Gasteiger partial charge in [0, 0.05) is 12.5 Å². The normalized spacial score (nSPS) is 20.4. The first-order valence-electron chi connectivity index (χ1n) is 8.93. The van der Waals surface area contributed by atoms with Gasteiger partial charge in [-0.25, -0.2) is 0 Å². The molecule has 0 bridgehead atoms. The molecule has 1 saturated carbocycles. The number of nitrogens with zero attached hydrogens (tertiary/aromatic N) is 1. The third-order valence-electron chi connectivity index (χ3n) is 5.07. The Morgan fingerprint density at radius 3 is 2.30 bits per heavy atom. The maximum absolute atomic E-state index is 12.7. The average Bonchev–Trinajstić information content (AvgIpc) is 3.42. The fourth-order valence-corrected chi connectivity index (χ4v) is 3.37. The molecule has 1 aliphatic carbocycles. The Hall–Kier alpha value is -2.34. The van der Waals surface area contributed by atoms with E-state index in [1.54, 1.807) is 0 Å². The van der Waals surface area contributed by atoms with E-state index >= 15 is 0 Å². The molecular weight excluding hydrogens is 353 g/mol. The molecule has 0 unspecified atom stereocenters. The van der Waals surface area contributed by atoms with E-state index in [1.807, 2.05) is 44.4 Å². The predicted octanol–water partition coefficient (Wildman–Crippen LogP) is 4.23. The van der Waals surface area contributed by atoms with Gasteiger partial charge in [-0.1, -0.05) is 42.5 Å². The van der Waals surface area contributed by atoms with Crippen LogP contribution in [0.15, 0.2) is 54.6 Å². The van der Waals surface area contributed by atoms with Crippen LogP contribution in [0.25, 0.3) is 0 Å². The second-order valence-electron chi connectivity index (χ2n) is 7.20. The summed E-state index contributed by atoms with van der Waals surface area (Å²) >= 11 is 0. The van der Waals surface area contributed by atoms with Crippen LogP contribution in [0.3, 0.4) is 0 Å². The van der Waals surface area contributed by atoms with Crippen molar-refractivity contribution in [1.82, 2.24) is 10.2 Å². The summed E-state index contributed by atoms with van der Waals surface area (Å²) in [5.74, 6) is -0.204. The van der Waals surface area contributed by atoms with Crippen molar-refractivity contribution in [3.8, 4) is 0 Å². The monoisotopic (exact) mass is 376 g/mol. The number of amides is 1. The molecule has 1 fully saturated rings. The number of carbonyl (C=O) groups is 1. The molecule has 1 aliphatic rings. The highest BCUT2D eigenvalue weighted by molar-refractivity contribution is 5.82. The Morgan fingerprint density at radius 2 is 1.74 bits per heavy atom. The minimum atomic E-state index is -4.34. The van der Waals surface area contributed by atoms with Gasteiger partial charge >= 0.3 is 6.18 Å². The van der Waals surface area contributed by atoms with Gasteiger partial charge in [0.05, 0.1) is 11.6 Å². The predicted molar refractivity (Wildman–Crippen MR) is 98.2 cm³/mol. The zero-order valence-electron chi connectivity index (χ0n) is 15.3. The van der Waals surface area contributed by atoms with Gasteiger partial charge in [0.2, 0.25) is 5.91 Å². The number of hydrogen-bond donors (Lipinski definition) is 1. The van der Waals surface area contributed by atoms with Crippen LogP contribution in [0, 0.1) is 5.92 Å². The molecule has 2 aromatic carbocycles. The topological polar surface area (TPSA) is 32.3 Å². The van der Waals surface area contributed by atoms with Crippen molar-refractivity contribution >= 4 is 5.91 Å². The minimum absolute atomic E-state index is 0.00168. The molecule has 2 aromatic rings. The highest BCUT2D eigenvalue weighted by atomic mass is 19.4. The summed E-state index contributed by atoms with van der Waals surface area (Å²) in [6.45, 7) is 0.492. The standard InChI is InChI=1S/C21H23F3N2O/c1-26(2)19(15-6-4-3-5-7-15)13-25-20(27)18-12-17(18)14-8-10-16(11-9-14)21(22,23)24/h3-11,17-19H,12-13H2,1-2H3,(H,25,27)/t17-,18-,19+/m0/s1. The Bertz CT molecular complexity index is 772. The van der Waals surface area contributed by atoms with Crippen LogP contribution in [-0.2, 0) is 11.0 Å². The van der Waals surface area contributed by atoms with Crippen LogP contribution in [0.5, 0.6) is 0 Å². The highest BCUT2D eigenvalue weighted by Crippen LogP contribution is 2.48. The van der Waals surface area contributed by atoms with Crippen molar-refractivity contribution in [3.63, 3.8) is 0 Å². The molecule has 6 heteroatoms. The van der Waals surface area contributed by atoms with Gasteiger partial charge < -0.3 is 10.2 Å². The van der Waals surface area contributed by atoms with E-state index in [-0.39, 0.29) is 23.8 Å². The Balaban J connectivity index is 1.57. The molecule has 1 amide bonds. The Morgan fingerprint density at radius 1 is 1.11 bits per heavy atom. The molecule has 27 heavy (non-hydrogen) atoms. The molecule has 0 heterocycles. The van der Waals surface area contributed by atoms with Crippen molar-refractivity contribution in [1.29, 1.82) is 0 Å². The molecule has 1 N–H and O–H groups in total. The van der Waals surface area contributed by atoms with Crippen LogP contribution < -0.4 is 5.32 Å². The molecule has 3 nitrogen and oxygen atoms in total. The first-order valence-corrected chi connectivity index (χ1v) is 8.93. The number of nitrogens with one attached hydrogen (secondary N) is 1. The average molecular weight is 376 g/mol. The first-order chi connectivity index (χ1) is 12.8. The van der Waals surface area contributed by atoms with E-state index in [0.717, 1.165) is 23.3 Å². The van der Waals surface area contributed by atoms with E-state index in [0.29, 0.717) is 13.0 Å². The molecule has 144 valence electrons. The smallest absolute Gasteiger partial charge is 0.354 e. The quantitative estimate of drug-likeness (QED) is 0.818. The van der Waals surface area contributed by atoms with Crippen LogP contribution in [0.4, 0.5) is 13.2 Å². The van der Waals surface area contributed by atoms with Crippen LogP contribution in [0.1, 0.15) is 35.1 Å². The summed E-state index contributed by atoms with van der Waals surface area (Å²) in [4.78, 5) is 14.5. The van der Waals surface area contributed by atoms with Gasteiger partial charge in [0.25, 0.3) is 0 Å². The molecule has 0 saturated heterocycles. The SMILES string of the molecule is CN(C)[C@H](CNC(=O)[C@H]1C[C@H]1c1ccc(C(F)(F)F)cc1)c1ccccc1. The van der Waals surface area contributed by atoms with Crippen molar-refractivity contribution < 1.29 is 18.0 Å². The molecule has 3 rings (SSSR count). The second-order valence-corrected chi connectivity index (χ2v) is 7.20.